The molecular formula is C25H34O2S. The number of fused-ring (bicyclic) bond motifs is 1. The van der Waals surface area contributed by atoms with Gasteiger partial charge in [-0.3, -0.25) is 0 Å². The Labute approximate surface area is 174 Å². The number of rotatable bonds is 13. The average Bonchev–Trinajstić information content (AvgIpc) is 3.27. The molecule has 0 spiro atoms. The molecule has 0 bridgehead atoms. The van der Waals surface area contributed by atoms with E-state index in [1.165, 1.54) is 75.5 Å². The molecule has 2 aromatic rings. The number of unbranched alkanes of at least 4 members (excludes halogenated alkanes) is 9. The molecule has 0 amide bonds. The second-order valence-corrected chi connectivity index (χ2v) is 8.87. The van der Waals surface area contributed by atoms with Gasteiger partial charge in [0.2, 0.25) is 0 Å². The highest BCUT2D eigenvalue weighted by molar-refractivity contribution is 7.99. The van der Waals surface area contributed by atoms with Gasteiger partial charge < -0.3 is 9.15 Å². The molecule has 1 atom stereocenters. The van der Waals surface area contributed by atoms with E-state index < -0.39 is 0 Å². The van der Waals surface area contributed by atoms with E-state index in [0.717, 1.165) is 17.3 Å². The molecule has 1 unspecified atom stereocenters. The lowest BCUT2D eigenvalue weighted by Gasteiger charge is -2.23. The summed E-state index contributed by atoms with van der Waals surface area (Å²) < 4.78 is 11.6. The van der Waals surface area contributed by atoms with E-state index in [4.69, 9.17) is 9.15 Å². The lowest BCUT2D eigenvalue weighted by Crippen LogP contribution is -2.07. The second-order valence-electron chi connectivity index (χ2n) is 7.62. The van der Waals surface area contributed by atoms with Crippen LogP contribution in [0, 0.1) is 0 Å². The smallest absolute Gasteiger partial charge is 0.168 e. The number of hydrogen-bond acceptors (Lipinski definition) is 3. The molecule has 152 valence electrons. The molecule has 1 aliphatic heterocycles. The van der Waals surface area contributed by atoms with Crippen LogP contribution in [0.3, 0.4) is 0 Å². The molecule has 2 nitrogen and oxygen atoms in total. The highest BCUT2D eigenvalue weighted by Gasteiger charge is 2.23. The molecule has 0 aliphatic carbocycles. The van der Waals surface area contributed by atoms with Gasteiger partial charge in [-0.05, 0) is 36.4 Å². The van der Waals surface area contributed by atoms with E-state index in [0.29, 0.717) is 5.25 Å². The SMILES string of the molecule is CCCCCCCCCCCCSC1C=C(c2ccco2)Oc2ccccc21. The second kappa shape index (κ2) is 12.1. The summed E-state index contributed by atoms with van der Waals surface area (Å²) >= 11 is 2.02. The minimum absolute atomic E-state index is 0.337. The van der Waals surface area contributed by atoms with Gasteiger partial charge in [-0.2, -0.15) is 0 Å². The summed E-state index contributed by atoms with van der Waals surface area (Å²) in [5.74, 6) is 3.79. The zero-order valence-corrected chi connectivity index (χ0v) is 18.0. The van der Waals surface area contributed by atoms with E-state index in [-0.39, 0.29) is 0 Å². The quantitative estimate of drug-likeness (QED) is 0.316. The van der Waals surface area contributed by atoms with Crippen LogP contribution in [0.4, 0.5) is 0 Å². The van der Waals surface area contributed by atoms with Crippen molar-refractivity contribution in [3.05, 3.63) is 60.1 Å². The predicted octanol–water partition coefficient (Wildman–Crippen LogP) is 8.41. The first-order chi connectivity index (χ1) is 13.9. The standard InChI is InChI=1S/C25H34O2S/c1-2-3-4-5-6-7-8-9-10-13-19-28-25-20-24(23-17-14-18-26-23)27-22-16-12-11-15-21(22)25/h11-12,14-18,20,25H,2-10,13,19H2,1H3. The van der Waals surface area contributed by atoms with E-state index >= 15 is 0 Å². The number of thioether (sulfide) groups is 1. The van der Waals surface area contributed by atoms with Crippen molar-refractivity contribution in [3.8, 4) is 5.75 Å². The van der Waals surface area contributed by atoms with Crippen LogP contribution in [-0.4, -0.2) is 5.75 Å². The molecule has 28 heavy (non-hydrogen) atoms. The van der Waals surface area contributed by atoms with E-state index in [2.05, 4.69) is 31.2 Å². The third kappa shape index (κ3) is 6.48. The molecule has 2 heterocycles. The molecule has 0 fully saturated rings. The Morgan fingerprint density at radius 2 is 1.54 bits per heavy atom. The Morgan fingerprint density at radius 3 is 2.25 bits per heavy atom. The fraction of sp³-hybridized carbons (Fsp3) is 0.520. The lowest BCUT2D eigenvalue weighted by molar-refractivity contribution is 0.454. The molecule has 0 saturated heterocycles. The molecule has 0 N–H and O–H groups in total. The van der Waals surface area contributed by atoms with Crippen molar-refractivity contribution in [1.82, 2.24) is 0 Å². The Hall–Kier alpha value is -1.61. The minimum Gasteiger partial charge on any atom is -0.461 e. The van der Waals surface area contributed by atoms with Gasteiger partial charge in [-0.1, -0.05) is 82.9 Å². The van der Waals surface area contributed by atoms with Gasteiger partial charge in [0.1, 0.15) is 5.75 Å². The van der Waals surface area contributed by atoms with Crippen LogP contribution in [-0.2, 0) is 0 Å². The van der Waals surface area contributed by atoms with Crippen LogP contribution in [0.1, 0.15) is 87.7 Å². The van der Waals surface area contributed by atoms with Crippen LogP contribution >= 0.6 is 11.8 Å². The predicted molar refractivity (Wildman–Crippen MR) is 121 cm³/mol. The molecule has 3 heteroatoms. The largest absolute Gasteiger partial charge is 0.461 e. The number of ether oxygens (including phenoxy) is 1. The van der Waals surface area contributed by atoms with E-state index in [1.807, 2.05) is 30.0 Å². The highest BCUT2D eigenvalue weighted by atomic mass is 32.2. The van der Waals surface area contributed by atoms with Crippen molar-refractivity contribution < 1.29 is 9.15 Å². The molecule has 1 aromatic heterocycles. The fourth-order valence-electron chi connectivity index (χ4n) is 3.68. The number of furan rings is 1. The summed E-state index contributed by atoms with van der Waals surface area (Å²) in [6.45, 7) is 2.28. The first-order valence-corrected chi connectivity index (χ1v) is 12.1. The van der Waals surface area contributed by atoms with Crippen molar-refractivity contribution >= 4 is 17.5 Å². The van der Waals surface area contributed by atoms with Crippen LogP contribution in [0.15, 0.2) is 53.2 Å². The van der Waals surface area contributed by atoms with Crippen molar-refractivity contribution in [2.75, 3.05) is 5.75 Å². The Kier molecular flexibility index (Phi) is 9.09. The lowest BCUT2D eigenvalue weighted by atomic mass is 10.1. The van der Waals surface area contributed by atoms with Gasteiger partial charge in [0.15, 0.2) is 11.5 Å². The summed E-state index contributed by atoms with van der Waals surface area (Å²) in [6.07, 6.45) is 17.8. The summed E-state index contributed by atoms with van der Waals surface area (Å²) in [7, 11) is 0. The van der Waals surface area contributed by atoms with E-state index in [1.54, 1.807) is 6.26 Å². The van der Waals surface area contributed by atoms with Crippen molar-refractivity contribution in [2.24, 2.45) is 0 Å². The minimum atomic E-state index is 0.337. The van der Waals surface area contributed by atoms with Crippen molar-refractivity contribution in [3.63, 3.8) is 0 Å². The summed E-state index contributed by atoms with van der Waals surface area (Å²) in [5, 5.41) is 0.337. The van der Waals surface area contributed by atoms with Crippen LogP contribution < -0.4 is 4.74 Å². The first-order valence-electron chi connectivity index (χ1n) is 11.0. The van der Waals surface area contributed by atoms with Crippen LogP contribution in [0.25, 0.3) is 5.76 Å². The van der Waals surface area contributed by atoms with Gasteiger partial charge in [0.05, 0.1) is 11.5 Å². The monoisotopic (exact) mass is 398 g/mol. The molecule has 1 aromatic carbocycles. The van der Waals surface area contributed by atoms with Gasteiger partial charge in [-0.15, -0.1) is 11.8 Å². The highest BCUT2D eigenvalue weighted by Crippen LogP contribution is 2.43. The average molecular weight is 399 g/mol. The normalized spacial score (nSPS) is 15.8. The third-order valence-corrected chi connectivity index (χ3v) is 6.58. The Balaban J connectivity index is 1.39. The van der Waals surface area contributed by atoms with Crippen molar-refractivity contribution in [1.29, 1.82) is 0 Å². The Bertz CT molecular complexity index is 705. The summed E-state index contributed by atoms with van der Waals surface area (Å²) in [6, 6.07) is 12.2. The maximum absolute atomic E-state index is 6.07. The third-order valence-electron chi connectivity index (χ3n) is 5.31. The van der Waals surface area contributed by atoms with Crippen LogP contribution in [0.2, 0.25) is 0 Å². The molecule has 0 radical (unpaired) electrons. The molecule has 0 saturated carbocycles. The number of hydrogen-bond donors (Lipinski definition) is 0. The number of para-hydroxylation sites is 1. The van der Waals surface area contributed by atoms with Gasteiger partial charge in [0, 0.05) is 5.56 Å². The van der Waals surface area contributed by atoms with Gasteiger partial charge in [0.25, 0.3) is 0 Å². The zero-order valence-electron chi connectivity index (χ0n) is 17.2. The first kappa shape index (κ1) is 21.1. The zero-order chi connectivity index (χ0) is 19.4. The summed E-state index contributed by atoms with van der Waals surface area (Å²) in [4.78, 5) is 0. The summed E-state index contributed by atoms with van der Waals surface area (Å²) in [5.41, 5.74) is 1.27. The molecular weight excluding hydrogens is 364 g/mol. The molecule has 1 aliphatic rings. The van der Waals surface area contributed by atoms with Gasteiger partial charge >= 0.3 is 0 Å². The maximum Gasteiger partial charge on any atom is 0.168 e. The van der Waals surface area contributed by atoms with Gasteiger partial charge in [-0.25, -0.2) is 0 Å². The topological polar surface area (TPSA) is 22.4 Å². The molecule has 3 rings (SSSR count). The van der Waals surface area contributed by atoms with Crippen molar-refractivity contribution in [2.45, 2.75) is 76.4 Å². The van der Waals surface area contributed by atoms with Crippen LogP contribution in [0.5, 0.6) is 5.75 Å². The van der Waals surface area contributed by atoms with E-state index in [9.17, 15) is 0 Å². The fourth-order valence-corrected chi connectivity index (χ4v) is 4.90. The Morgan fingerprint density at radius 1 is 0.821 bits per heavy atom. The number of benzene rings is 1. The maximum atomic E-state index is 6.07.